The van der Waals surface area contributed by atoms with Crippen LogP contribution in [0.5, 0.6) is 0 Å². The number of rotatable bonds is 2. The fraction of sp³-hybridized carbons (Fsp3) is 0.417. The summed E-state index contributed by atoms with van der Waals surface area (Å²) in [5, 5.41) is 0. The Morgan fingerprint density at radius 3 is 2.94 bits per heavy atom. The van der Waals surface area contributed by atoms with E-state index in [1.54, 1.807) is 0 Å². The van der Waals surface area contributed by atoms with Crippen molar-refractivity contribution in [2.24, 2.45) is 11.7 Å². The van der Waals surface area contributed by atoms with Gasteiger partial charge in [-0.15, -0.1) is 12.4 Å². The Hall–Kier alpha value is -0.580. The Labute approximate surface area is 116 Å². The fourth-order valence-corrected chi connectivity index (χ4v) is 2.37. The number of fused-ring (bicyclic) bond motifs is 1. The molecule has 1 aromatic carbocycles. The number of amides is 1. The number of halogens is 2. The molecule has 0 aliphatic carbocycles. The number of nitrogens with two attached hydrogens (primary N) is 1. The van der Waals surface area contributed by atoms with E-state index in [4.69, 9.17) is 5.73 Å². The van der Waals surface area contributed by atoms with E-state index in [1.807, 2.05) is 24.0 Å². The number of nitrogens with zero attached hydrogens (tertiary/aromatic N) is 1. The first-order valence-electron chi connectivity index (χ1n) is 5.43. The van der Waals surface area contributed by atoms with Gasteiger partial charge in [-0.2, -0.15) is 0 Å². The van der Waals surface area contributed by atoms with Gasteiger partial charge in [0.15, 0.2) is 0 Å². The van der Waals surface area contributed by atoms with E-state index >= 15 is 0 Å². The fourth-order valence-electron chi connectivity index (χ4n) is 1.97. The third-order valence-corrected chi connectivity index (χ3v) is 3.47. The predicted octanol–water partition coefficient (Wildman–Crippen LogP) is 2.35. The summed E-state index contributed by atoms with van der Waals surface area (Å²) >= 11 is 3.44. The summed E-state index contributed by atoms with van der Waals surface area (Å²) in [7, 11) is 0. The second-order valence-corrected chi connectivity index (χ2v) is 5.07. The molecule has 1 atom stereocenters. The van der Waals surface area contributed by atoms with Crippen molar-refractivity contribution in [1.29, 1.82) is 0 Å². The average Bonchev–Trinajstić information content (AvgIpc) is 2.69. The van der Waals surface area contributed by atoms with Gasteiger partial charge in [0, 0.05) is 29.2 Å². The topological polar surface area (TPSA) is 46.3 Å². The lowest BCUT2D eigenvalue weighted by atomic mass is 10.1. The van der Waals surface area contributed by atoms with Crippen molar-refractivity contribution in [3.8, 4) is 0 Å². The van der Waals surface area contributed by atoms with Crippen molar-refractivity contribution >= 4 is 39.9 Å². The molecule has 5 heteroatoms. The molecule has 2 rings (SSSR count). The number of benzene rings is 1. The maximum Gasteiger partial charge on any atom is 0.231 e. The van der Waals surface area contributed by atoms with Gasteiger partial charge in [0.25, 0.3) is 0 Å². The summed E-state index contributed by atoms with van der Waals surface area (Å²) in [5.41, 5.74) is 7.79. The van der Waals surface area contributed by atoms with Crippen LogP contribution >= 0.6 is 28.3 Å². The minimum absolute atomic E-state index is 0. The maximum atomic E-state index is 12.1. The normalized spacial score (nSPS) is 15.1. The number of carbonyl (C=O) groups is 1. The minimum atomic E-state index is -0.102. The van der Waals surface area contributed by atoms with E-state index in [9.17, 15) is 4.79 Å². The lowest BCUT2D eigenvalue weighted by molar-refractivity contribution is -0.121. The Kier molecular flexibility index (Phi) is 4.98. The number of carbonyl (C=O) groups excluding carboxylic acids is 1. The highest BCUT2D eigenvalue weighted by molar-refractivity contribution is 9.10. The molecule has 0 saturated heterocycles. The predicted molar refractivity (Wildman–Crippen MR) is 75.7 cm³/mol. The quantitative estimate of drug-likeness (QED) is 0.909. The van der Waals surface area contributed by atoms with Crippen LogP contribution in [-0.4, -0.2) is 19.0 Å². The van der Waals surface area contributed by atoms with Gasteiger partial charge in [0.1, 0.15) is 0 Å². The zero-order chi connectivity index (χ0) is 11.7. The minimum Gasteiger partial charge on any atom is -0.330 e. The van der Waals surface area contributed by atoms with Crippen LogP contribution in [0.15, 0.2) is 22.7 Å². The molecule has 2 N–H and O–H groups in total. The van der Waals surface area contributed by atoms with Crippen molar-refractivity contribution in [3.05, 3.63) is 28.2 Å². The van der Waals surface area contributed by atoms with E-state index < -0.39 is 0 Å². The molecule has 0 saturated carbocycles. The summed E-state index contributed by atoms with van der Waals surface area (Å²) < 4.78 is 1.06. The highest BCUT2D eigenvalue weighted by Crippen LogP contribution is 2.31. The smallest absolute Gasteiger partial charge is 0.231 e. The Bertz CT molecular complexity index is 425. The molecule has 3 nitrogen and oxygen atoms in total. The number of anilines is 1. The highest BCUT2D eigenvalue weighted by atomic mass is 79.9. The lowest BCUT2D eigenvalue weighted by Gasteiger charge is -2.20. The third kappa shape index (κ3) is 2.81. The highest BCUT2D eigenvalue weighted by Gasteiger charge is 2.27. The zero-order valence-electron chi connectivity index (χ0n) is 9.65. The first kappa shape index (κ1) is 14.5. The van der Waals surface area contributed by atoms with Gasteiger partial charge >= 0.3 is 0 Å². The van der Waals surface area contributed by atoms with Crippen molar-refractivity contribution in [2.45, 2.75) is 13.3 Å². The molecule has 1 heterocycles. The first-order valence-corrected chi connectivity index (χ1v) is 6.22. The molecule has 1 unspecified atom stereocenters. The zero-order valence-corrected chi connectivity index (χ0v) is 12.1. The van der Waals surface area contributed by atoms with Crippen LogP contribution in [0.2, 0.25) is 0 Å². The van der Waals surface area contributed by atoms with E-state index in [2.05, 4.69) is 22.0 Å². The van der Waals surface area contributed by atoms with E-state index in [-0.39, 0.29) is 24.2 Å². The molecule has 0 fully saturated rings. The third-order valence-electron chi connectivity index (χ3n) is 2.98. The maximum absolute atomic E-state index is 12.1. The molecular formula is C12H16BrClN2O. The lowest BCUT2D eigenvalue weighted by Crippen LogP contribution is -2.36. The van der Waals surface area contributed by atoms with Crippen LogP contribution in [0, 0.1) is 5.92 Å². The molecule has 1 aromatic rings. The molecule has 0 aromatic heterocycles. The van der Waals surface area contributed by atoms with Crippen molar-refractivity contribution in [2.75, 3.05) is 18.0 Å². The van der Waals surface area contributed by atoms with Gasteiger partial charge in [-0.05, 0) is 30.2 Å². The summed E-state index contributed by atoms with van der Waals surface area (Å²) in [5.74, 6) is 0.0261. The van der Waals surface area contributed by atoms with E-state index in [0.29, 0.717) is 6.54 Å². The van der Waals surface area contributed by atoms with Crippen LogP contribution in [-0.2, 0) is 11.2 Å². The van der Waals surface area contributed by atoms with Gasteiger partial charge in [-0.25, -0.2) is 0 Å². The Balaban J connectivity index is 0.00000144. The van der Waals surface area contributed by atoms with Crippen LogP contribution in [0.1, 0.15) is 12.5 Å². The van der Waals surface area contributed by atoms with Gasteiger partial charge in [0.05, 0.1) is 0 Å². The van der Waals surface area contributed by atoms with Crippen molar-refractivity contribution in [1.82, 2.24) is 0 Å². The number of hydrogen-bond acceptors (Lipinski definition) is 2. The SMILES string of the molecule is CC(CN)C(=O)N1CCc2cc(Br)ccc21.Cl. The Morgan fingerprint density at radius 1 is 1.59 bits per heavy atom. The second kappa shape index (κ2) is 5.85. The standard InChI is InChI=1S/C12H15BrN2O.ClH/c1-8(7-14)12(16)15-5-4-9-6-10(13)2-3-11(9)15;/h2-3,6,8H,4-5,7,14H2,1H3;1H. The summed E-state index contributed by atoms with van der Waals surface area (Å²) in [4.78, 5) is 13.9. The van der Waals surface area contributed by atoms with Crippen molar-refractivity contribution in [3.63, 3.8) is 0 Å². The van der Waals surface area contributed by atoms with Gasteiger partial charge in [0.2, 0.25) is 5.91 Å². The van der Waals surface area contributed by atoms with Crippen LogP contribution in [0.25, 0.3) is 0 Å². The monoisotopic (exact) mass is 318 g/mol. The van der Waals surface area contributed by atoms with Gasteiger partial charge in [-0.1, -0.05) is 22.9 Å². The van der Waals surface area contributed by atoms with Crippen molar-refractivity contribution < 1.29 is 4.79 Å². The molecule has 0 radical (unpaired) electrons. The molecule has 1 aliphatic rings. The number of hydrogen-bond donors (Lipinski definition) is 1. The largest absolute Gasteiger partial charge is 0.330 e. The summed E-state index contributed by atoms with van der Waals surface area (Å²) in [6.07, 6.45) is 0.928. The van der Waals surface area contributed by atoms with E-state index in [1.165, 1.54) is 5.56 Å². The summed E-state index contributed by atoms with van der Waals surface area (Å²) in [6.45, 7) is 3.05. The summed E-state index contributed by atoms with van der Waals surface area (Å²) in [6, 6.07) is 6.04. The van der Waals surface area contributed by atoms with E-state index in [0.717, 1.165) is 23.1 Å². The second-order valence-electron chi connectivity index (χ2n) is 4.15. The average molecular weight is 320 g/mol. The van der Waals surface area contributed by atoms with Crippen LogP contribution in [0.4, 0.5) is 5.69 Å². The molecule has 0 bridgehead atoms. The molecular weight excluding hydrogens is 304 g/mol. The van der Waals surface area contributed by atoms with Crippen LogP contribution in [0.3, 0.4) is 0 Å². The van der Waals surface area contributed by atoms with Gasteiger partial charge < -0.3 is 10.6 Å². The molecule has 94 valence electrons. The van der Waals surface area contributed by atoms with Crippen LogP contribution < -0.4 is 10.6 Å². The molecule has 1 amide bonds. The van der Waals surface area contributed by atoms with Gasteiger partial charge in [-0.3, -0.25) is 4.79 Å². The molecule has 1 aliphatic heterocycles. The first-order chi connectivity index (χ1) is 7.63. The Morgan fingerprint density at radius 2 is 2.29 bits per heavy atom. The molecule has 17 heavy (non-hydrogen) atoms. The molecule has 0 spiro atoms.